The molecule has 0 aliphatic carbocycles. The van der Waals surface area contributed by atoms with Gasteiger partial charge in [0.1, 0.15) is 18.5 Å². The number of hydrogen-bond acceptors (Lipinski definition) is 8. The lowest BCUT2D eigenvalue weighted by atomic mass is 10.1. The van der Waals surface area contributed by atoms with E-state index in [2.05, 4.69) is 15.5 Å². The van der Waals surface area contributed by atoms with Gasteiger partial charge in [-0.3, -0.25) is 0 Å². The molecule has 0 bridgehead atoms. The van der Waals surface area contributed by atoms with Crippen molar-refractivity contribution in [3.63, 3.8) is 0 Å². The molecule has 216 valence electrons. The molecule has 13 heteroatoms. The van der Waals surface area contributed by atoms with Crippen molar-refractivity contribution in [3.8, 4) is 11.8 Å². The maximum absolute atomic E-state index is 12.8. The van der Waals surface area contributed by atoms with Gasteiger partial charge < -0.3 is 30.4 Å². The Morgan fingerprint density at radius 3 is 2.37 bits per heavy atom. The third-order valence-electron chi connectivity index (χ3n) is 5.54. The van der Waals surface area contributed by atoms with E-state index in [1.807, 2.05) is 18.2 Å². The van der Waals surface area contributed by atoms with Crippen molar-refractivity contribution in [3.05, 3.63) is 90.0 Å². The molecule has 4 N–H and O–H groups in total. The Balaban J connectivity index is 1.58. The van der Waals surface area contributed by atoms with Crippen LogP contribution in [-0.2, 0) is 16.1 Å². The number of ether oxygens (including phenoxy) is 1. The molecule has 0 heterocycles. The Morgan fingerprint density at radius 2 is 1.73 bits per heavy atom. The van der Waals surface area contributed by atoms with Crippen molar-refractivity contribution >= 4 is 23.4 Å². The summed E-state index contributed by atoms with van der Waals surface area (Å²) in [5.41, 5.74) is 0.664. The smallest absolute Gasteiger partial charge is 0.491 e. The van der Waals surface area contributed by atoms with Crippen molar-refractivity contribution < 1.29 is 42.5 Å². The van der Waals surface area contributed by atoms with E-state index in [0.717, 1.165) is 11.6 Å². The van der Waals surface area contributed by atoms with E-state index in [4.69, 9.17) is 10.00 Å². The number of nitrogens with zero attached hydrogens (tertiary/aromatic N) is 2. The van der Waals surface area contributed by atoms with Gasteiger partial charge in [0.25, 0.3) is 0 Å². The number of anilines is 2. The van der Waals surface area contributed by atoms with Crippen LogP contribution in [0.4, 0.5) is 29.3 Å². The Morgan fingerprint density at radius 1 is 1.02 bits per heavy atom. The average molecular weight is 573 g/mol. The quantitative estimate of drug-likeness (QED) is 0.256. The fourth-order valence-corrected chi connectivity index (χ4v) is 3.50. The molecule has 0 saturated heterocycles. The van der Waals surface area contributed by atoms with Crippen LogP contribution in [0.1, 0.15) is 11.1 Å². The highest BCUT2D eigenvalue weighted by Crippen LogP contribution is 2.23. The lowest BCUT2D eigenvalue weighted by Gasteiger charge is -2.22. The van der Waals surface area contributed by atoms with Gasteiger partial charge in [-0.05, 0) is 54.4 Å². The summed E-state index contributed by atoms with van der Waals surface area (Å²) in [4.78, 5) is 28.5. The van der Waals surface area contributed by atoms with Gasteiger partial charge in [-0.2, -0.15) is 18.4 Å². The SMILES string of the molecule is N#Cc1cccc(N(OC(=O)C(F)(F)F)C(=O)Nc2ccc(C[C@@H](CO)NC[C@H](O)COc3ccccc3)cc2)c1. The molecule has 10 nitrogen and oxygen atoms in total. The van der Waals surface area contributed by atoms with Gasteiger partial charge in [0.15, 0.2) is 0 Å². The Hall–Kier alpha value is -4.64. The molecule has 0 aliphatic rings. The molecule has 3 aromatic carbocycles. The number of rotatable bonds is 11. The van der Waals surface area contributed by atoms with Gasteiger partial charge in [-0.25, -0.2) is 9.59 Å². The first-order chi connectivity index (χ1) is 19.6. The second-order valence-electron chi connectivity index (χ2n) is 8.73. The number of carbonyl (C=O) groups excluding carboxylic acids is 2. The van der Waals surface area contributed by atoms with E-state index in [1.165, 1.54) is 30.3 Å². The van der Waals surface area contributed by atoms with Crippen LogP contribution in [0.5, 0.6) is 5.75 Å². The molecule has 0 unspecified atom stereocenters. The van der Waals surface area contributed by atoms with Crippen LogP contribution >= 0.6 is 0 Å². The topological polar surface area (TPSA) is 144 Å². The van der Waals surface area contributed by atoms with Crippen LogP contribution in [0.3, 0.4) is 0 Å². The van der Waals surface area contributed by atoms with Gasteiger partial charge in [-0.15, -0.1) is 5.06 Å². The van der Waals surface area contributed by atoms with E-state index < -0.39 is 30.3 Å². The highest BCUT2D eigenvalue weighted by Gasteiger charge is 2.43. The lowest BCUT2D eigenvalue weighted by Crippen LogP contribution is -2.41. The molecule has 41 heavy (non-hydrogen) atoms. The Kier molecular flexibility index (Phi) is 11.0. The van der Waals surface area contributed by atoms with Gasteiger partial charge >= 0.3 is 18.2 Å². The first-order valence-electron chi connectivity index (χ1n) is 12.3. The first kappa shape index (κ1) is 30.9. The van der Waals surface area contributed by atoms with Crippen molar-refractivity contribution in [2.75, 3.05) is 30.1 Å². The molecule has 0 fully saturated rings. The van der Waals surface area contributed by atoms with Crippen molar-refractivity contribution in [2.45, 2.75) is 24.7 Å². The molecule has 3 aromatic rings. The maximum atomic E-state index is 12.8. The number of aliphatic hydroxyl groups excluding tert-OH is 2. The number of nitriles is 1. The molecule has 3 rings (SSSR count). The van der Waals surface area contributed by atoms with E-state index in [1.54, 1.807) is 30.3 Å². The second kappa shape index (κ2) is 14.7. The van der Waals surface area contributed by atoms with Crippen LogP contribution in [-0.4, -0.2) is 60.3 Å². The number of aliphatic hydroxyl groups is 2. The van der Waals surface area contributed by atoms with E-state index in [9.17, 15) is 33.0 Å². The van der Waals surface area contributed by atoms with E-state index in [-0.39, 0.29) is 41.8 Å². The van der Waals surface area contributed by atoms with Crippen molar-refractivity contribution in [1.29, 1.82) is 5.26 Å². The average Bonchev–Trinajstić information content (AvgIpc) is 2.97. The predicted octanol–water partition coefficient (Wildman–Crippen LogP) is 3.55. The monoisotopic (exact) mass is 572 g/mol. The van der Waals surface area contributed by atoms with Gasteiger partial charge in [-0.1, -0.05) is 36.4 Å². The number of hydrogen-bond donors (Lipinski definition) is 4. The van der Waals surface area contributed by atoms with Gasteiger partial charge in [0, 0.05) is 18.3 Å². The molecular weight excluding hydrogens is 545 g/mol. The normalized spacial score (nSPS) is 12.5. The number of halogens is 3. The molecule has 0 spiro atoms. The molecule has 0 aromatic heterocycles. The summed E-state index contributed by atoms with van der Waals surface area (Å²) in [7, 11) is 0. The van der Waals surface area contributed by atoms with Crippen molar-refractivity contribution in [1.82, 2.24) is 5.32 Å². The number of nitrogens with one attached hydrogen (secondary N) is 2. The van der Waals surface area contributed by atoms with Crippen LogP contribution in [0.2, 0.25) is 0 Å². The van der Waals surface area contributed by atoms with Gasteiger partial charge in [0.05, 0.1) is 23.9 Å². The summed E-state index contributed by atoms with van der Waals surface area (Å²) in [6.45, 7) is -0.0165. The first-order valence-corrected chi connectivity index (χ1v) is 12.3. The highest BCUT2D eigenvalue weighted by atomic mass is 19.4. The molecule has 2 amide bonds. The fraction of sp³-hybridized carbons (Fsp3) is 0.250. The fourth-order valence-electron chi connectivity index (χ4n) is 3.50. The highest BCUT2D eigenvalue weighted by molar-refractivity contribution is 6.01. The number of alkyl halides is 3. The molecular formula is C28H27F3N4O6. The Bertz CT molecular complexity index is 1330. The standard InChI is InChI=1S/C28H27F3N4O6/c29-28(30,31)26(38)41-35(23-6-4-5-20(14-23)15-32)27(39)34-21-11-9-19(10-12-21)13-22(17-36)33-16-24(37)18-40-25-7-2-1-3-8-25/h1-12,14,22,24,33,36-37H,13,16-18H2,(H,34,39)/t22-,24-/m0/s1. The Labute approximate surface area is 233 Å². The lowest BCUT2D eigenvalue weighted by molar-refractivity contribution is -0.199. The zero-order chi connectivity index (χ0) is 29.8. The third kappa shape index (κ3) is 9.80. The van der Waals surface area contributed by atoms with Crippen molar-refractivity contribution in [2.24, 2.45) is 0 Å². The number of hydroxylamine groups is 1. The van der Waals surface area contributed by atoms with Crippen LogP contribution in [0, 0.1) is 11.3 Å². The van der Waals surface area contributed by atoms with Crippen LogP contribution in [0.25, 0.3) is 0 Å². The van der Waals surface area contributed by atoms with E-state index >= 15 is 0 Å². The zero-order valence-electron chi connectivity index (χ0n) is 21.5. The summed E-state index contributed by atoms with van der Waals surface area (Å²) in [6.07, 6.45) is -5.84. The largest absolute Gasteiger partial charge is 0.493 e. The number of para-hydroxylation sites is 1. The summed E-state index contributed by atoms with van der Waals surface area (Å²) < 4.78 is 44.0. The summed E-state index contributed by atoms with van der Waals surface area (Å²) in [5.74, 6) is -2.00. The summed E-state index contributed by atoms with van der Waals surface area (Å²) >= 11 is 0. The second-order valence-corrected chi connectivity index (χ2v) is 8.73. The molecule has 0 radical (unpaired) electrons. The number of amides is 2. The van der Waals surface area contributed by atoms with Gasteiger partial charge in [0.2, 0.25) is 0 Å². The van der Waals surface area contributed by atoms with E-state index in [0.29, 0.717) is 12.2 Å². The number of urea groups is 1. The maximum Gasteiger partial charge on any atom is 0.493 e. The molecule has 0 saturated carbocycles. The summed E-state index contributed by atoms with van der Waals surface area (Å²) in [6, 6.07) is 20.3. The number of benzene rings is 3. The molecule has 2 atom stereocenters. The number of carbonyl (C=O) groups is 2. The van der Waals surface area contributed by atoms with Crippen LogP contribution in [0.15, 0.2) is 78.9 Å². The zero-order valence-corrected chi connectivity index (χ0v) is 21.5. The van der Waals surface area contributed by atoms with Crippen LogP contribution < -0.4 is 20.4 Å². The minimum absolute atomic E-state index is 0.0241. The minimum atomic E-state index is -5.37. The third-order valence-corrected chi connectivity index (χ3v) is 5.54. The minimum Gasteiger partial charge on any atom is -0.491 e. The summed E-state index contributed by atoms with van der Waals surface area (Å²) in [5, 5.41) is 34.5. The predicted molar refractivity (Wildman–Crippen MR) is 142 cm³/mol. The molecule has 0 aliphatic heterocycles.